The van der Waals surface area contributed by atoms with Crippen molar-refractivity contribution in [1.82, 2.24) is 20.4 Å². The standard InChI is InChI=1S/C19H13FN4O3/c20-14-5-3-12(4-6-14)15-7-8-16(26-15)19(25)22-11-17-23-18(24-27-17)13-2-1-9-21-10-13/h1-10H,11H2,(H,22,25). The minimum Gasteiger partial charge on any atom is -0.451 e. The summed E-state index contributed by atoms with van der Waals surface area (Å²) in [5.41, 5.74) is 1.39. The van der Waals surface area contributed by atoms with Gasteiger partial charge in [-0.2, -0.15) is 4.98 Å². The molecule has 7 nitrogen and oxygen atoms in total. The predicted octanol–water partition coefficient (Wildman–Crippen LogP) is 3.46. The Bertz CT molecular complexity index is 1060. The quantitative estimate of drug-likeness (QED) is 0.583. The molecule has 27 heavy (non-hydrogen) atoms. The third kappa shape index (κ3) is 3.74. The van der Waals surface area contributed by atoms with Gasteiger partial charge in [-0.1, -0.05) is 5.16 Å². The van der Waals surface area contributed by atoms with Gasteiger partial charge in [0.1, 0.15) is 11.6 Å². The van der Waals surface area contributed by atoms with E-state index in [9.17, 15) is 9.18 Å². The molecule has 1 aromatic carbocycles. The maximum atomic E-state index is 13.0. The van der Waals surface area contributed by atoms with Gasteiger partial charge >= 0.3 is 0 Å². The smallest absolute Gasteiger partial charge is 0.287 e. The van der Waals surface area contributed by atoms with Crippen LogP contribution < -0.4 is 5.32 Å². The Morgan fingerprint density at radius 1 is 1.07 bits per heavy atom. The van der Waals surface area contributed by atoms with Crippen molar-refractivity contribution in [2.75, 3.05) is 0 Å². The summed E-state index contributed by atoms with van der Waals surface area (Å²) < 4.78 is 23.6. The van der Waals surface area contributed by atoms with Gasteiger partial charge in [0.05, 0.1) is 6.54 Å². The highest BCUT2D eigenvalue weighted by Gasteiger charge is 2.14. The highest BCUT2D eigenvalue weighted by Crippen LogP contribution is 2.22. The van der Waals surface area contributed by atoms with E-state index in [4.69, 9.17) is 8.94 Å². The summed E-state index contributed by atoms with van der Waals surface area (Å²) in [5.74, 6) is 0.479. The Balaban J connectivity index is 1.40. The monoisotopic (exact) mass is 364 g/mol. The summed E-state index contributed by atoms with van der Waals surface area (Å²) in [6, 6.07) is 12.6. The zero-order chi connectivity index (χ0) is 18.6. The number of nitrogens with zero attached hydrogens (tertiary/aromatic N) is 3. The number of rotatable bonds is 5. The molecule has 0 atom stereocenters. The molecule has 134 valence electrons. The van der Waals surface area contributed by atoms with E-state index in [1.54, 1.807) is 48.8 Å². The molecule has 1 N–H and O–H groups in total. The molecule has 0 spiro atoms. The molecule has 0 bridgehead atoms. The molecule has 0 aliphatic carbocycles. The van der Waals surface area contributed by atoms with Crippen LogP contribution in [0.1, 0.15) is 16.4 Å². The lowest BCUT2D eigenvalue weighted by atomic mass is 10.2. The molecular weight excluding hydrogens is 351 g/mol. The van der Waals surface area contributed by atoms with Crippen molar-refractivity contribution in [3.63, 3.8) is 0 Å². The molecule has 0 unspecified atom stereocenters. The number of aromatic nitrogens is 3. The van der Waals surface area contributed by atoms with Crippen molar-refractivity contribution >= 4 is 5.91 Å². The lowest BCUT2D eigenvalue weighted by Gasteiger charge is -1.99. The second kappa shape index (κ2) is 7.20. The van der Waals surface area contributed by atoms with E-state index < -0.39 is 5.91 Å². The first-order valence-electron chi connectivity index (χ1n) is 8.06. The van der Waals surface area contributed by atoms with Gasteiger partial charge in [0.25, 0.3) is 5.91 Å². The fourth-order valence-corrected chi connectivity index (χ4v) is 2.41. The van der Waals surface area contributed by atoms with Crippen molar-refractivity contribution in [2.24, 2.45) is 0 Å². The van der Waals surface area contributed by atoms with E-state index in [0.29, 0.717) is 22.7 Å². The Morgan fingerprint density at radius 3 is 2.70 bits per heavy atom. The third-order valence-corrected chi connectivity index (χ3v) is 3.75. The maximum absolute atomic E-state index is 13.0. The van der Waals surface area contributed by atoms with Crippen molar-refractivity contribution in [3.05, 3.63) is 78.4 Å². The first-order valence-corrected chi connectivity index (χ1v) is 8.06. The summed E-state index contributed by atoms with van der Waals surface area (Å²) in [6.07, 6.45) is 3.27. The molecule has 0 radical (unpaired) electrons. The van der Waals surface area contributed by atoms with Gasteiger partial charge in [-0.25, -0.2) is 4.39 Å². The number of benzene rings is 1. The third-order valence-electron chi connectivity index (χ3n) is 3.75. The second-order valence-corrected chi connectivity index (χ2v) is 5.61. The maximum Gasteiger partial charge on any atom is 0.287 e. The van der Waals surface area contributed by atoms with Crippen LogP contribution in [0.3, 0.4) is 0 Å². The van der Waals surface area contributed by atoms with Crippen LogP contribution in [0.2, 0.25) is 0 Å². The lowest BCUT2D eigenvalue weighted by Crippen LogP contribution is -2.22. The Kier molecular flexibility index (Phi) is 4.44. The number of hydrogen-bond donors (Lipinski definition) is 1. The Hall–Kier alpha value is -3.81. The number of nitrogens with one attached hydrogen (secondary N) is 1. The summed E-state index contributed by atoms with van der Waals surface area (Å²) in [5, 5.41) is 6.51. The zero-order valence-electron chi connectivity index (χ0n) is 13.9. The van der Waals surface area contributed by atoms with Crippen LogP contribution in [-0.4, -0.2) is 21.0 Å². The molecule has 0 saturated heterocycles. The largest absolute Gasteiger partial charge is 0.451 e. The molecule has 4 rings (SSSR count). The van der Waals surface area contributed by atoms with E-state index in [1.165, 1.54) is 12.1 Å². The van der Waals surface area contributed by atoms with E-state index in [-0.39, 0.29) is 24.0 Å². The van der Waals surface area contributed by atoms with Crippen LogP contribution in [0.5, 0.6) is 0 Å². The van der Waals surface area contributed by atoms with E-state index >= 15 is 0 Å². The molecule has 0 aliphatic heterocycles. The van der Waals surface area contributed by atoms with Crippen LogP contribution >= 0.6 is 0 Å². The summed E-state index contributed by atoms with van der Waals surface area (Å²) in [7, 11) is 0. The fourth-order valence-electron chi connectivity index (χ4n) is 2.41. The molecule has 8 heteroatoms. The van der Waals surface area contributed by atoms with Crippen LogP contribution in [0, 0.1) is 5.82 Å². The van der Waals surface area contributed by atoms with Gasteiger partial charge in [0.15, 0.2) is 5.76 Å². The topological polar surface area (TPSA) is 94.1 Å². The highest BCUT2D eigenvalue weighted by atomic mass is 19.1. The number of halogens is 1. The van der Waals surface area contributed by atoms with E-state index in [1.807, 2.05) is 0 Å². The van der Waals surface area contributed by atoms with Crippen molar-refractivity contribution in [2.45, 2.75) is 6.54 Å². The van der Waals surface area contributed by atoms with Gasteiger partial charge in [-0.3, -0.25) is 9.78 Å². The van der Waals surface area contributed by atoms with Gasteiger partial charge in [-0.05, 0) is 48.5 Å². The summed E-state index contributed by atoms with van der Waals surface area (Å²) in [4.78, 5) is 20.4. The van der Waals surface area contributed by atoms with Gasteiger partial charge in [0.2, 0.25) is 11.7 Å². The number of pyridine rings is 1. The minimum absolute atomic E-state index is 0.0542. The molecule has 0 aliphatic rings. The van der Waals surface area contributed by atoms with E-state index in [2.05, 4.69) is 20.4 Å². The summed E-state index contributed by atoms with van der Waals surface area (Å²) >= 11 is 0. The average Bonchev–Trinajstić information content (AvgIpc) is 3.37. The van der Waals surface area contributed by atoms with Crippen LogP contribution in [0.25, 0.3) is 22.7 Å². The van der Waals surface area contributed by atoms with E-state index in [0.717, 1.165) is 0 Å². The lowest BCUT2D eigenvalue weighted by molar-refractivity contribution is 0.0919. The number of hydrogen-bond acceptors (Lipinski definition) is 6. The number of carbonyl (C=O) groups is 1. The van der Waals surface area contributed by atoms with Crippen LogP contribution in [-0.2, 0) is 6.54 Å². The first-order chi connectivity index (χ1) is 13.2. The van der Waals surface area contributed by atoms with Crippen LogP contribution in [0.4, 0.5) is 4.39 Å². The summed E-state index contributed by atoms with van der Waals surface area (Å²) in [6.45, 7) is 0.0542. The Morgan fingerprint density at radius 2 is 1.93 bits per heavy atom. The molecule has 0 fully saturated rings. The Labute approximate surface area is 152 Å². The molecule has 0 saturated carbocycles. The molecule has 4 aromatic rings. The fraction of sp³-hybridized carbons (Fsp3) is 0.0526. The van der Waals surface area contributed by atoms with Crippen molar-refractivity contribution in [1.29, 1.82) is 0 Å². The molecule has 1 amide bonds. The van der Waals surface area contributed by atoms with Gasteiger partial charge in [0, 0.05) is 23.5 Å². The normalized spacial score (nSPS) is 10.7. The number of carbonyl (C=O) groups excluding carboxylic acids is 1. The predicted molar refractivity (Wildman–Crippen MR) is 92.8 cm³/mol. The van der Waals surface area contributed by atoms with Crippen molar-refractivity contribution in [3.8, 4) is 22.7 Å². The molecular formula is C19H13FN4O3. The minimum atomic E-state index is -0.426. The molecule has 3 aromatic heterocycles. The second-order valence-electron chi connectivity index (χ2n) is 5.61. The molecule has 3 heterocycles. The number of amides is 1. The van der Waals surface area contributed by atoms with Gasteiger partial charge < -0.3 is 14.3 Å². The zero-order valence-corrected chi connectivity index (χ0v) is 13.9. The first kappa shape index (κ1) is 16.6. The SMILES string of the molecule is O=C(NCc1nc(-c2cccnc2)no1)c1ccc(-c2ccc(F)cc2)o1. The van der Waals surface area contributed by atoms with Crippen molar-refractivity contribution < 1.29 is 18.1 Å². The highest BCUT2D eigenvalue weighted by molar-refractivity contribution is 5.91. The average molecular weight is 364 g/mol. The number of furan rings is 1. The van der Waals surface area contributed by atoms with Crippen LogP contribution in [0.15, 0.2) is 69.9 Å². The van der Waals surface area contributed by atoms with Gasteiger partial charge in [-0.15, -0.1) is 0 Å².